The van der Waals surface area contributed by atoms with Crippen molar-refractivity contribution in [1.82, 2.24) is 14.1 Å². The van der Waals surface area contributed by atoms with E-state index in [1.165, 1.54) is 11.1 Å². The second-order valence-corrected chi connectivity index (χ2v) is 5.87. The van der Waals surface area contributed by atoms with Crippen molar-refractivity contribution < 1.29 is 0 Å². The lowest BCUT2D eigenvalue weighted by Gasteiger charge is -2.08. The van der Waals surface area contributed by atoms with Crippen LogP contribution < -0.4 is 5.56 Å². The molecule has 3 aromatic rings. The van der Waals surface area contributed by atoms with Gasteiger partial charge in [-0.25, -0.2) is 4.98 Å². The van der Waals surface area contributed by atoms with Gasteiger partial charge in [-0.3, -0.25) is 4.79 Å². The first-order chi connectivity index (χ1) is 11.1. The summed E-state index contributed by atoms with van der Waals surface area (Å²) in [5.41, 5.74) is 3.26. The molecule has 0 bridgehead atoms. The first-order valence-corrected chi connectivity index (χ1v) is 7.88. The highest BCUT2D eigenvalue weighted by Crippen LogP contribution is 2.14. The van der Waals surface area contributed by atoms with Crippen LogP contribution in [0.3, 0.4) is 0 Å². The van der Waals surface area contributed by atoms with Crippen molar-refractivity contribution in [2.75, 3.05) is 0 Å². The number of pyridine rings is 1. The third-order valence-corrected chi connectivity index (χ3v) is 4.06. The van der Waals surface area contributed by atoms with Gasteiger partial charge in [-0.15, -0.1) is 0 Å². The van der Waals surface area contributed by atoms with Gasteiger partial charge in [0.2, 0.25) is 0 Å². The minimum absolute atomic E-state index is 0.0153. The molecule has 23 heavy (non-hydrogen) atoms. The third-order valence-electron chi connectivity index (χ3n) is 4.06. The molecule has 2 heterocycles. The van der Waals surface area contributed by atoms with E-state index in [9.17, 15) is 4.79 Å². The molecule has 0 aliphatic carbocycles. The van der Waals surface area contributed by atoms with Crippen molar-refractivity contribution in [3.8, 4) is 11.4 Å². The number of benzene rings is 1. The zero-order valence-corrected chi connectivity index (χ0v) is 13.6. The lowest BCUT2D eigenvalue weighted by atomic mass is 10.1. The Morgan fingerprint density at radius 1 is 1.09 bits per heavy atom. The van der Waals surface area contributed by atoms with Gasteiger partial charge < -0.3 is 9.13 Å². The number of imidazole rings is 1. The predicted molar refractivity (Wildman–Crippen MR) is 92.4 cm³/mol. The summed E-state index contributed by atoms with van der Waals surface area (Å²) < 4.78 is 3.64. The van der Waals surface area contributed by atoms with E-state index in [2.05, 4.69) is 40.7 Å². The van der Waals surface area contributed by atoms with Crippen LogP contribution in [0.4, 0.5) is 0 Å². The van der Waals surface area contributed by atoms with Gasteiger partial charge in [0.05, 0.1) is 5.56 Å². The maximum Gasteiger partial charge on any atom is 0.261 e. The number of aromatic nitrogens is 3. The summed E-state index contributed by atoms with van der Waals surface area (Å²) >= 11 is 0. The second kappa shape index (κ2) is 6.65. The fraction of sp³-hybridized carbons (Fsp3) is 0.263. The fourth-order valence-electron chi connectivity index (χ4n) is 2.71. The van der Waals surface area contributed by atoms with Crippen LogP contribution in [-0.4, -0.2) is 14.1 Å². The molecule has 1 aromatic carbocycles. The van der Waals surface area contributed by atoms with Crippen LogP contribution in [0, 0.1) is 6.92 Å². The van der Waals surface area contributed by atoms with Crippen molar-refractivity contribution in [3.05, 3.63) is 76.5 Å². The fourth-order valence-corrected chi connectivity index (χ4v) is 2.71. The molecule has 0 N–H and O–H groups in total. The minimum atomic E-state index is -0.0153. The number of rotatable bonds is 5. The normalized spacial score (nSPS) is 10.9. The monoisotopic (exact) mass is 307 g/mol. The summed E-state index contributed by atoms with van der Waals surface area (Å²) in [6, 6.07) is 12.4. The van der Waals surface area contributed by atoms with E-state index in [0.717, 1.165) is 25.2 Å². The smallest absolute Gasteiger partial charge is 0.261 e. The first kappa shape index (κ1) is 15.3. The maximum absolute atomic E-state index is 12.3. The molecule has 118 valence electrons. The number of hydrogen-bond donors (Lipinski definition) is 0. The summed E-state index contributed by atoms with van der Waals surface area (Å²) in [5, 5.41) is 0. The van der Waals surface area contributed by atoms with Crippen LogP contribution in [0.5, 0.6) is 0 Å². The Morgan fingerprint density at radius 2 is 1.87 bits per heavy atom. The zero-order valence-electron chi connectivity index (χ0n) is 13.6. The van der Waals surface area contributed by atoms with Crippen molar-refractivity contribution in [2.45, 2.75) is 26.3 Å². The van der Waals surface area contributed by atoms with Crippen LogP contribution in [0.2, 0.25) is 0 Å². The molecular weight excluding hydrogens is 286 g/mol. The average Bonchev–Trinajstić information content (AvgIpc) is 3.00. The lowest BCUT2D eigenvalue weighted by Crippen LogP contribution is -2.19. The van der Waals surface area contributed by atoms with E-state index in [-0.39, 0.29) is 5.56 Å². The summed E-state index contributed by atoms with van der Waals surface area (Å²) in [7, 11) is 1.76. The van der Waals surface area contributed by atoms with Gasteiger partial charge in [0.15, 0.2) is 0 Å². The summed E-state index contributed by atoms with van der Waals surface area (Å²) in [6.45, 7) is 2.95. The van der Waals surface area contributed by atoms with Crippen LogP contribution in [0.15, 0.2) is 59.8 Å². The topological polar surface area (TPSA) is 39.8 Å². The van der Waals surface area contributed by atoms with Gasteiger partial charge in [-0.2, -0.15) is 0 Å². The molecule has 0 fully saturated rings. The van der Waals surface area contributed by atoms with E-state index < -0.39 is 0 Å². The Bertz CT molecular complexity index is 844. The van der Waals surface area contributed by atoms with E-state index >= 15 is 0 Å². The Morgan fingerprint density at radius 3 is 2.65 bits per heavy atom. The molecule has 0 radical (unpaired) electrons. The molecule has 0 saturated carbocycles. The molecule has 2 aromatic heterocycles. The average molecular weight is 307 g/mol. The van der Waals surface area contributed by atoms with Gasteiger partial charge in [0.1, 0.15) is 5.82 Å². The van der Waals surface area contributed by atoms with E-state index in [1.54, 1.807) is 24.0 Å². The van der Waals surface area contributed by atoms with Crippen LogP contribution in [0.25, 0.3) is 11.4 Å². The molecule has 0 aliphatic heterocycles. The molecule has 0 aliphatic rings. The van der Waals surface area contributed by atoms with Crippen molar-refractivity contribution >= 4 is 0 Å². The van der Waals surface area contributed by atoms with Gasteiger partial charge in [0, 0.05) is 32.2 Å². The highest BCUT2D eigenvalue weighted by atomic mass is 16.1. The Kier molecular flexibility index (Phi) is 4.42. The molecule has 0 amide bonds. The van der Waals surface area contributed by atoms with Crippen LogP contribution in [-0.2, 0) is 20.0 Å². The Labute approximate surface area is 136 Å². The molecular formula is C19H21N3O. The van der Waals surface area contributed by atoms with Crippen LogP contribution >= 0.6 is 0 Å². The molecule has 0 saturated heterocycles. The predicted octanol–water partition coefficient (Wildman–Crippen LogP) is 3.19. The van der Waals surface area contributed by atoms with Crippen molar-refractivity contribution in [3.63, 3.8) is 0 Å². The summed E-state index contributed by atoms with van der Waals surface area (Å²) in [4.78, 5) is 16.6. The van der Waals surface area contributed by atoms with E-state index in [1.807, 2.05) is 18.3 Å². The first-order valence-electron chi connectivity index (χ1n) is 7.88. The summed E-state index contributed by atoms with van der Waals surface area (Å²) in [6.07, 6.45) is 7.49. The summed E-state index contributed by atoms with van der Waals surface area (Å²) in [5.74, 6) is 0.745. The number of aryl methyl sites for hydroxylation is 4. The SMILES string of the molecule is Cc1ccc(CCCn2ccnc2-c2cccn(C)c2=O)cc1. The highest BCUT2D eigenvalue weighted by Gasteiger charge is 2.10. The number of nitrogens with zero attached hydrogens (tertiary/aromatic N) is 3. The molecule has 0 unspecified atom stereocenters. The third kappa shape index (κ3) is 3.42. The van der Waals surface area contributed by atoms with Gasteiger partial charge in [0.25, 0.3) is 5.56 Å². The molecule has 0 spiro atoms. The van der Waals surface area contributed by atoms with Crippen molar-refractivity contribution in [1.29, 1.82) is 0 Å². The highest BCUT2D eigenvalue weighted by molar-refractivity contribution is 5.53. The molecule has 4 nitrogen and oxygen atoms in total. The van der Waals surface area contributed by atoms with Crippen molar-refractivity contribution in [2.24, 2.45) is 7.05 Å². The van der Waals surface area contributed by atoms with E-state index in [0.29, 0.717) is 5.56 Å². The Balaban J connectivity index is 1.73. The number of hydrogen-bond acceptors (Lipinski definition) is 2. The van der Waals surface area contributed by atoms with Gasteiger partial charge >= 0.3 is 0 Å². The lowest BCUT2D eigenvalue weighted by molar-refractivity contribution is 0.646. The van der Waals surface area contributed by atoms with Gasteiger partial charge in [-0.1, -0.05) is 29.8 Å². The second-order valence-electron chi connectivity index (χ2n) is 5.87. The van der Waals surface area contributed by atoms with Gasteiger partial charge in [-0.05, 0) is 37.5 Å². The van der Waals surface area contributed by atoms with Crippen LogP contribution in [0.1, 0.15) is 17.5 Å². The zero-order chi connectivity index (χ0) is 16.2. The quantitative estimate of drug-likeness (QED) is 0.726. The standard InChI is InChI=1S/C19H21N3O/c1-15-7-9-16(10-8-15)5-3-13-22-14-11-20-18(22)17-6-4-12-21(2)19(17)23/h4,6-12,14H,3,5,13H2,1-2H3. The van der Waals surface area contributed by atoms with E-state index in [4.69, 9.17) is 0 Å². The largest absolute Gasteiger partial charge is 0.331 e. The molecule has 0 atom stereocenters. The minimum Gasteiger partial charge on any atom is -0.331 e. The Hall–Kier alpha value is -2.62. The molecule has 4 heteroatoms. The maximum atomic E-state index is 12.3. The molecule has 3 rings (SSSR count).